The first kappa shape index (κ1) is 16.9. The fourth-order valence-corrected chi connectivity index (χ4v) is 3.31. The van der Waals surface area contributed by atoms with Gasteiger partial charge in [0.05, 0.1) is 0 Å². The second kappa shape index (κ2) is 7.77. The predicted molar refractivity (Wildman–Crippen MR) is 91.7 cm³/mol. The fraction of sp³-hybridized carbons (Fsp3) is 0.556. The molecule has 130 valence electrons. The Balaban J connectivity index is 1.52. The third kappa shape index (κ3) is 4.33. The van der Waals surface area contributed by atoms with E-state index in [4.69, 9.17) is 10.5 Å². The van der Waals surface area contributed by atoms with Crippen molar-refractivity contribution in [1.29, 1.82) is 0 Å². The molecular weight excluding hydrogens is 306 g/mol. The van der Waals surface area contributed by atoms with Gasteiger partial charge in [0.25, 0.3) is 5.91 Å². The first-order valence-electron chi connectivity index (χ1n) is 8.67. The summed E-state index contributed by atoms with van der Waals surface area (Å²) in [4.78, 5) is 24.4. The van der Waals surface area contributed by atoms with Gasteiger partial charge in [0.1, 0.15) is 0 Å². The molecule has 1 aromatic carbocycles. The SMILES string of the molecule is NC1CCC(C(=O)Nc2ccc(C(=O)NC3CCOCC3)cc2)C1. The van der Waals surface area contributed by atoms with E-state index in [-0.39, 0.29) is 29.8 Å². The van der Waals surface area contributed by atoms with E-state index >= 15 is 0 Å². The van der Waals surface area contributed by atoms with Gasteiger partial charge in [-0.3, -0.25) is 9.59 Å². The zero-order chi connectivity index (χ0) is 16.9. The largest absolute Gasteiger partial charge is 0.381 e. The molecule has 2 amide bonds. The van der Waals surface area contributed by atoms with Crippen LogP contribution >= 0.6 is 0 Å². The van der Waals surface area contributed by atoms with Crippen molar-refractivity contribution in [2.75, 3.05) is 18.5 Å². The quantitative estimate of drug-likeness (QED) is 0.782. The minimum atomic E-state index is -0.0819. The highest BCUT2D eigenvalue weighted by Gasteiger charge is 2.27. The molecule has 6 heteroatoms. The number of nitrogens with two attached hydrogens (primary N) is 1. The van der Waals surface area contributed by atoms with Crippen molar-refractivity contribution >= 4 is 17.5 Å². The van der Waals surface area contributed by atoms with Crippen LogP contribution in [0.2, 0.25) is 0 Å². The summed E-state index contributed by atoms with van der Waals surface area (Å²) in [7, 11) is 0. The van der Waals surface area contributed by atoms with Crippen molar-refractivity contribution in [3.8, 4) is 0 Å². The van der Waals surface area contributed by atoms with Gasteiger partial charge in [-0.15, -0.1) is 0 Å². The van der Waals surface area contributed by atoms with Crippen molar-refractivity contribution in [3.05, 3.63) is 29.8 Å². The molecule has 1 aliphatic carbocycles. The lowest BCUT2D eigenvalue weighted by Gasteiger charge is -2.23. The van der Waals surface area contributed by atoms with Crippen LogP contribution < -0.4 is 16.4 Å². The standard InChI is InChI=1S/C18H25N3O3/c19-14-4-1-13(11-14)18(23)20-15-5-2-12(3-6-15)17(22)21-16-7-9-24-10-8-16/h2-3,5-6,13-14,16H,1,4,7-11,19H2,(H,20,23)(H,21,22). The maximum atomic E-state index is 12.2. The van der Waals surface area contributed by atoms with Crippen LogP contribution in [-0.2, 0) is 9.53 Å². The number of rotatable bonds is 4. The van der Waals surface area contributed by atoms with E-state index in [0.717, 1.165) is 32.1 Å². The topological polar surface area (TPSA) is 93.5 Å². The summed E-state index contributed by atoms with van der Waals surface area (Å²) in [6.45, 7) is 1.39. The van der Waals surface area contributed by atoms with Gasteiger partial charge in [0.15, 0.2) is 0 Å². The predicted octanol–water partition coefficient (Wildman–Crippen LogP) is 1.66. The lowest BCUT2D eigenvalue weighted by atomic mass is 10.1. The third-order valence-electron chi connectivity index (χ3n) is 4.82. The molecule has 0 radical (unpaired) electrons. The van der Waals surface area contributed by atoms with Crippen LogP contribution in [0.3, 0.4) is 0 Å². The summed E-state index contributed by atoms with van der Waals surface area (Å²) in [6.07, 6.45) is 4.20. The zero-order valence-electron chi connectivity index (χ0n) is 13.8. The van der Waals surface area contributed by atoms with Crippen molar-refractivity contribution in [1.82, 2.24) is 5.32 Å². The minimum Gasteiger partial charge on any atom is -0.381 e. The second-order valence-electron chi connectivity index (χ2n) is 6.70. The zero-order valence-corrected chi connectivity index (χ0v) is 13.8. The summed E-state index contributed by atoms with van der Waals surface area (Å²) in [5.41, 5.74) is 7.16. The molecule has 0 bridgehead atoms. The maximum absolute atomic E-state index is 12.2. The highest BCUT2D eigenvalue weighted by atomic mass is 16.5. The molecule has 1 saturated carbocycles. The highest BCUT2D eigenvalue weighted by molar-refractivity contribution is 5.96. The Kier molecular flexibility index (Phi) is 5.48. The van der Waals surface area contributed by atoms with Gasteiger partial charge in [-0.05, 0) is 56.4 Å². The number of carbonyl (C=O) groups excluding carboxylic acids is 2. The van der Waals surface area contributed by atoms with Crippen molar-refractivity contribution in [2.24, 2.45) is 11.7 Å². The number of hydrogen-bond donors (Lipinski definition) is 3. The van der Waals surface area contributed by atoms with Gasteiger partial charge in [-0.25, -0.2) is 0 Å². The minimum absolute atomic E-state index is 0.00324. The Morgan fingerprint density at radius 1 is 1.04 bits per heavy atom. The van der Waals surface area contributed by atoms with Crippen molar-refractivity contribution in [2.45, 2.75) is 44.2 Å². The molecular formula is C18H25N3O3. The Bertz CT molecular complexity index is 582. The number of nitrogens with one attached hydrogen (secondary N) is 2. The Labute approximate surface area is 142 Å². The smallest absolute Gasteiger partial charge is 0.251 e. The van der Waals surface area contributed by atoms with E-state index in [2.05, 4.69) is 10.6 Å². The second-order valence-corrected chi connectivity index (χ2v) is 6.70. The maximum Gasteiger partial charge on any atom is 0.251 e. The summed E-state index contributed by atoms with van der Waals surface area (Å²) in [5.74, 6) is -0.0691. The highest BCUT2D eigenvalue weighted by Crippen LogP contribution is 2.25. The summed E-state index contributed by atoms with van der Waals surface area (Å²) < 4.78 is 5.29. The fourth-order valence-electron chi connectivity index (χ4n) is 3.31. The molecule has 1 aromatic rings. The molecule has 1 saturated heterocycles. The summed E-state index contributed by atoms with van der Waals surface area (Å²) >= 11 is 0. The van der Waals surface area contributed by atoms with Gasteiger partial charge in [0.2, 0.25) is 5.91 Å². The van der Waals surface area contributed by atoms with E-state index in [1.807, 2.05) is 0 Å². The average Bonchev–Trinajstić information content (AvgIpc) is 3.03. The van der Waals surface area contributed by atoms with Crippen LogP contribution in [-0.4, -0.2) is 37.1 Å². The van der Waals surface area contributed by atoms with E-state index in [1.165, 1.54) is 0 Å². The van der Waals surface area contributed by atoms with Crippen LogP contribution in [0.5, 0.6) is 0 Å². The molecule has 0 spiro atoms. The normalized spacial score (nSPS) is 24.5. The molecule has 4 N–H and O–H groups in total. The van der Waals surface area contributed by atoms with E-state index in [0.29, 0.717) is 24.5 Å². The third-order valence-corrected chi connectivity index (χ3v) is 4.82. The molecule has 0 aromatic heterocycles. The number of benzene rings is 1. The average molecular weight is 331 g/mol. The van der Waals surface area contributed by atoms with Crippen LogP contribution in [0.25, 0.3) is 0 Å². The molecule has 2 fully saturated rings. The van der Waals surface area contributed by atoms with E-state index < -0.39 is 0 Å². The lowest BCUT2D eigenvalue weighted by molar-refractivity contribution is -0.119. The van der Waals surface area contributed by atoms with Crippen LogP contribution in [0.15, 0.2) is 24.3 Å². The van der Waals surface area contributed by atoms with Gasteiger partial charge in [-0.1, -0.05) is 0 Å². The Morgan fingerprint density at radius 3 is 2.38 bits per heavy atom. The van der Waals surface area contributed by atoms with Gasteiger partial charge < -0.3 is 21.1 Å². The first-order chi connectivity index (χ1) is 11.6. The van der Waals surface area contributed by atoms with Gasteiger partial charge in [0, 0.05) is 42.5 Å². The molecule has 2 unspecified atom stereocenters. The molecule has 2 atom stereocenters. The van der Waals surface area contributed by atoms with Crippen molar-refractivity contribution in [3.63, 3.8) is 0 Å². The molecule has 2 aliphatic rings. The summed E-state index contributed by atoms with van der Waals surface area (Å²) in [5, 5.41) is 5.93. The summed E-state index contributed by atoms with van der Waals surface area (Å²) in [6, 6.07) is 7.33. The molecule has 24 heavy (non-hydrogen) atoms. The molecule has 6 nitrogen and oxygen atoms in total. The Hall–Kier alpha value is -1.92. The van der Waals surface area contributed by atoms with Gasteiger partial charge >= 0.3 is 0 Å². The van der Waals surface area contributed by atoms with Crippen LogP contribution in [0, 0.1) is 5.92 Å². The van der Waals surface area contributed by atoms with Crippen LogP contribution in [0.4, 0.5) is 5.69 Å². The number of amides is 2. The molecule has 1 aliphatic heterocycles. The number of carbonyl (C=O) groups is 2. The molecule has 1 heterocycles. The number of ether oxygens (including phenoxy) is 1. The monoisotopic (exact) mass is 331 g/mol. The first-order valence-corrected chi connectivity index (χ1v) is 8.67. The molecule has 3 rings (SSSR count). The van der Waals surface area contributed by atoms with E-state index in [9.17, 15) is 9.59 Å². The Morgan fingerprint density at radius 2 is 1.75 bits per heavy atom. The van der Waals surface area contributed by atoms with Gasteiger partial charge in [-0.2, -0.15) is 0 Å². The number of anilines is 1. The van der Waals surface area contributed by atoms with Crippen LogP contribution in [0.1, 0.15) is 42.5 Å². The lowest BCUT2D eigenvalue weighted by Crippen LogP contribution is -2.38. The van der Waals surface area contributed by atoms with Crippen molar-refractivity contribution < 1.29 is 14.3 Å². The number of hydrogen-bond acceptors (Lipinski definition) is 4. The van der Waals surface area contributed by atoms with E-state index in [1.54, 1.807) is 24.3 Å².